The third-order valence-corrected chi connectivity index (χ3v) is 4.65. The van der Waals surface area contributed by atoms with E-state index in [1.165, 1.54) is 12.0 Å². The lowest BCUT2D eigenvalue weighted by Crippen LogP contribution is -2.30. The molecular weight excluding hydrogens is 396 g/mol. The molecule has 0 atom stereocenters. The van der Waals surface area contributed by atoms with Crippen molar-refractivity contribution in [3.05, 3.63) is 64.7 Å². The van der Waals surface area contributed by atoms with E-state index in [0.717, 1.165) is 0 Å². The minimum Gasteiger partial charge on any atom is -0.482 e. The molecule has 3 rings (SSSR count). The number of benzene rings is 2. The predicted octanol–water partition coefficient (Wildman–Crippen LogP) is 1.65. The molecule has 9 heteroatoms. The number of fused-ring (bicyclic) bond motifs is 1. The number of methoxy groups -OCH3 is 1. The zero-order valence-corrected chi connectivity index (χ0v) is 16.4. The Balaban J connectivity index is 1.64. The summed E-state index contributed by atoms with van der Waals surface area (Å²) in [6.45, 7) is -0.0739. The standard InChI is InChI=1S/C20H18N2O6S/c1-27-18(24)11-28-15-5-2-12(3-6-15)17(23)10-22-9-14-8-13(19(25)21-29)4-7-16(14)20(22)26/h2-8,29H,9-11H2,1H3,(H,21,25). The van der Waals surface area contributed by atoms with Gasteiger partial charge in [0.2, 0.25) is 0 Å². The first-order valence-corrected chi connectivity index (χ1v) is 9.07. The van der Waals surface area contributed by atoms with E-state index < -0.39 is 5.97 Å². The molecule has 2 aromatic carbocycles. The Kier molecular flexibility index (Phi) is 6.18. The van der Waals surface area contributed by atoms with Crippen LogP contribution < -0.4 is 9.46 Å². The number of amides is 2. The number of ketones is 1. The van der Waals surface area contributed by atoms with Gasteiger partial charge in [0, 0.05) is 23.2 Å². The molecule has 0 fully saturated rings. The van der Waals surface area contributed by atoms with Gasteiger partial charge in [-0.2, -0.15) is 0 Å². The largest absolute Gasteiger partial charge is 0.482 e. The first kappa shape index (κ1) is 20.4. The van der Waals surface area contributed by atoms with E-state index in [9.17, 15) is 19.2 Å². The van der Waals surface area contributed by atoms with Gasteiger partial charge in [-0.1, -0.05) is 12.8 Å². The molecular formula is C20H18N2O6S. The van der Waals surface area contributed by atoms with Crippen LogP contribution in [0.4, 0.5) is 0 Å². The maximum Gasteiger partial charge on any atom is 0.343 e. The second kappa shape index (κ2) is 8.78. The molecule has 0 aromatic heterocycles. The highest BCUT2D eigenvalue weighted by atomic mass is 32.1. The van der Waals surface area contributed by atoms with Gasteiger partial charge in [0.1, 0.15) is 5.75 Å². The molecule has 0 spiro atoms. The van der Waals surface area contributed by atoms with Crippen LogP contribution in [0, 0.1) is 0 Å². The van der Waals surface area contributed by atoms with Crippen molar-refractivity contribution < 1.29 is 28.7 Å². The highest BCUT2D eigenvalue weighted by molar-refractivity contribution is 7.78. The Labute approximate surface area is 172 Å². The third-order valence-electron chi connectivity index (χ3n) is 4.44. The molecule has 0 saturated heterocycles. The summed E-state index contributed by atoms with van der Waals surface area (Å²) in [5.41, 5.74) is 1.96. The van der Waals surface area contributed by atoms with E-state index in [1.807, 2.05) is 0 Å². The quantitative estimate of drug-likeness (QED) is 0.406. The fourth-order valence-electron chi connectivity index (χ4n) is 2.92. The van der Waals surface area contributed by atoms with Crippen molar-refractivity contribution in [2.24, 2.45) is 0 Å². The van der Waals surface area contributed by atoms with Crippen molar-refractivity contribution in [1.29, 1.82) is 0 Å². The summed E-state index contributed by atoms with van der Waals surface area (Å²) < 4.78 is 12.0. The lowest BCUT2D eigenvalue weighted by Gasteiger charge is -2.14. The van der Waals surface area contributed by atoms with Crippen LogP contribution >= 0.6 is 12.8 Å². The van der Waals surface area contributed by atoms with Crippen LogP contribution in [0.1, 0.15) is 36.6 Å². The second-order valence-electron chi connectivity index (χ2n) is 6.29. The average Bonchev–Trinajstić information content (AvgIpc) is 3.06. The molecule has 150 valence electrons. The summed E-state index contributed by atoms with van der Waals surface area (Å²) >= 11 is 3.73. The highest BCUT2D eigenvalue weighted by Gasteiger charge is 2.29. The maximum absolute atomic E-state index is 12.6. The molecule has 0 aliphatic carbocycles. The molecule has 0 unspecified atom stereocenters. The number of esters is 1. The number of rotatable bonds is 7. The van der Waals surface area contributed by atoms with E-state index in [1.54, 1.807) is 42.5 Å². The van der Waals surface area contributed by atoms with Gasteiger partial charge in [-0.15, -0.1) is 0 Å². The Morgan fingerprint density at radius 3 is 2.45 bits per heavy atom. The summed E-state index contributed by atoms with van der Waals surface area (Å²) in [5, 5.41) is 0. The molecule has 2 amide bonds. The molecule has 0 bridgehead atoms. The number of Topliss-reactive ketones (excluding diaryl/α,β-unsaturated/α-hetero) is 1. The fraction of sp³-hybridized carbons (Fsp3) is 0.200. The third kappa shape index (κ3) is 4.57. The fourth-order valence-corrected chi connectivity index (χ4v) is 3.05. The molecule has 8 nitrogen and oxygen atoms in total. The lowest BCUT2D eigenvalue weighted by atomic mass is 10.1. The minimum absolute atomic E-state index is 0.0933. The van der Waals surface area contributed by atoms with Crippen molar-refractivity contribution >= 4 is 36.4 Å². The predicted molar refractivity (Wildman–Crippen MR) is 106 cm³/mol. The van der Waals surface area contributed by atoms with E-state index in [0.29, 0.717) is 28.0 Å². The van der Waals surface area contributed by atoms with E-state index >= 15 is 0 Å². The number of nitrogens with one attached hydrogen (secondary N) is 1. The molecule has 1 N–H and O–H groups in total. The van der Waals surface area contributed by atoms with Crippen molar-refractivity contribution in [3.8, 4) is 5.75 Å². The molecule has 1 aliphatic heterocycles. The SMILES string of the molecule is COC(=O)COc1ccc(C(=O)CN2Cc3cc(C(=O)NS)ccc3C2=O)cc1. The van der Waals surface area contributed by atoms with Crippen molar-refractivity contribution in [2.75, 3.05) is 20.3 Å². The normalized spacial score (nSPS) is 12.3. The zero-order chi connectivity index (χ0) is 21.0. The average molecular weight is 414 g/mol. The maximum atomic E-state index is 12.6. The van der Waals surface area contributed by atoms with Crippen LogP contribution in [-0.4, -0.2) is 48.7 Å². The number of carbonyl (C=O) groups is 4. The lowest BCUT2D eigenvalue weighted by molar-refractivity contribution is -0.142. The second-order valence-corrected chi connectivity index (χ2v) is 6.51. The molecule has 0 saturated carbocycles. The van der Waals surface area contributed by atoms with E-state index in [4.69, 9.17) is 4.74 Å². The van der Waals surface area contributed by atoms with Gasteiger partial charge < -0.3 is 14.4 Å². The highest BCUT2D eigenvalue weighted by Crippen LogP contribution is 2.24. The van der Waals surface area contributed by atoms with Gasteiger partial charge >= 0.3 is 5.97 Å². The van der Waals surface area contributed by atoms with Gasteiger partial charge in [0.15, 0.2) is 12.4 Å². The monoisotopic (exact) mass is 414 g/mol. The van der Waals surface area contributed by atoms with E-state index in [2.05, 4.69) is 22.3 Å². The van der Waals surface area contributed by atoms with Gasteiger partial charge in [0.05, 0.1) is 13.7 Å². The van der Waals surface area contributed by atoms with Gasteiger partial charge in [-0.25, -0.2) is 4.79 Å². The number of hydrogen-bond acceptors (Lipinski definition) is 7. The molecule has 1 heterocycles. The van der Waals surface area contributed by atoms with Gasteiger partial charge in [-0.3, -0.25) is 19.1 Å². The van der Waals surface area contributed by atoms with E-state index in [-0.39, 0.29) is 37.3 Å². The molecule has 0 radical (unpaired) electrons. The Bertz CT molecular complexity index is 973. The van der Waals surface area contributed by atoms with Crippen LogP contribution in [0.2, 0.25) is 0 Å². The summed E-state index contributed by atoms with van der Waals surface area (Å²) in [6, 6.07) is 11.0. The number of hydrogen-bond donors (Lipinski definition) is 2. The first-order valence-electron chi connectivity index (χ1n) is 8.62. The summed E-state index contributed by atoms with van der Waals surface area (Å²) in [5.74, 6) is -0.949. The summed E-state index contributed by atoms with van der Waals surface area (Å²) in [4.78, 5) is 49.3. The van der Waals surface area contributed by atoms with Gasteiger partial charge in [0.25, 0.3) is 11.8 Å². The molecule has 2 aromatic rings. The van der Waals surface area contributed by atoms with Crippen molar-refractivity contribution in [2.45, 2.75) is 6.54 Å². The van der Waals surface area contributed by atoms with Crippen LogP contribution in [0.5, 0.6) is 5.75 Å². The number of carbonyl (C=O) groups excluding carboxylic acids is 4. The summed E-state index contributed by atoms with van der Waals surface area (Å²) in [6.07, 6.45) is 0. The first-order chi connectivity index (χ1) is 13.9. The van der Waals surface area contributed by atoms with Gasteiger partial charge in [-0.05, 0) is 48.0 Å². The van der Waals surface area contributed by atoms with Crippen LogP contribution in [0.25, 0.3) is 0 Å². The molecule has 1 aliphatic rings. The summed E-state index contributed by atoms with van der Waals surface area (Å²) in [7, 11) is 1.27. The molecule has 29 heavy (non-hydrogen) atoms. The number of ether oxygens (including phenoxy) is 2. The van der Waals surface area contributed by atoms with Crippen LogP contribution in [0.3, 0.4) is 0 Å². The van der Waals surface area contributed by atoms with Crippen molar-refractivity contribution in [1.82, 2.24) is 9.62 Å². The number of thiol groups is 1. The zero-order valence-electron chi connectivity index (χ0n) is 15.5. The van der Waals surface area contributed by atoms with Crippen LogP contribution in [-0.2, 0) is 16.1 Å². The van der Waals surface area contributed by atoms with Crippen LogP contribution in [0.15, 0.2) is 42.5 Å². The Morgan fingerprint density at radius 1 is 1.10 bits per heavy atom. The topological polar surface area (TPSA) is 102 Å². The van der Waals surface area contributed by atoms with Crippen molar-refractivity contribution in [3.63, 3.8) is 0 Å². The minimum atomic E-state index is -0.507. The smallest absolute Gasteiger partial charge is 0.343 e. The Hall–Kier alpha value is -3.33. The Morgan fingerprint density at radius 2 is 1.79 bits per heavy atom. The number of nitrogens with zero attached hydrogens (tertiary/aromatic N) is 1.